The van der Waals surface area contributed by atoms with Gasteiger partial charge in [0.1, 0.15) is 5.76 Å². The quantitative estimate of drug-likeness (QED) is 0.814. The number of rotatable bonds is 7. The van der Waals surface area contributed by atoms with Crippen molar-refractivity contribution in [1.82, 2.24) is 25.3 Å². The standard InChI is InChI=1S/C17H25N5O2/c1-14(13-22-10-5-7-19-22)20-17(23)18-12-15(16-6-4-11-24-16)21-8-2-3-9-21/h4-7,10-11,14-15H,2-3,8-9,12-13H2,1H3,(H2,18,20,23). The van der Waals surface area contributed by atoms with Crippen molar-refractivity contribution < 1.29 is 9.21 Å². The number of likely N-dealkylation sites (tertiary alicyclic amines) is 1. The highest BCUT2D eigenvalue weighted by Gasteiger charge is 2.26. The van der Waals surface area contributed by atoms with E-state index >= 15 is 0 Å². The maximum atomic E-state index is 12.2. The number of amides is 2. The normalized spacial score (nSPS) is 17.5. The number of hydrogen-bond donors (Lipinski definition) is 2. The fourth-order valence-electron chi connectivity index (χ4n) is 3.14. The lowest BCUT2D eigenvalue weighted by Gasteiger charge is -2.26. The van der Waals surface area contributed by atoms with E-state index in [-0.39, 0.29) is 18.1 Å². The van der Waals surface area contributed by atoms with Crippen molar-refractivity contribution in [3.8, 4) is 0 Å². The second-order valence-corrected chi connectivity index (χ2v) is 6.26. The van der Waals surface area contributed by atoms with Crippen LogP contribution < -0.4 is 10.6 Å². The van der Waals surface area contributed by atoms with Crippen molar-refractivity contribution in [2.24, 2.45) is 0 Å². The summed E-state index contributed by atoms with van der Waals surface area (Å²) >= 11 is 0. The lowest BCUT2D eigenvalue weighted by molar-refractivity contribution is 0.202. The Balaban J connectivity index is 1.49. The van der Waals surface area contributed by atoms with Crippen LogP contribution in [0.4, 0.5) is 4.79 Å². The monoisotopic (exact) mass is 331 g/mol. The van der Waals surface area contributed by atoms with E-state index < -0.39 is 0 Å². The maximum Gasteiger partial charge on any atom is 0.315 e. The summed E-state index contributed by atoms with van der Waals surface area (Å²) in [5.41, 5.74) is 0. The molecule has 0 aromatic carbocycles. The molecule has 1 aliphatic heterocycles. The average molecular weight is 331 g/mol. The number of nitrogens with zero attached hydrogens (tertiary/aromatic N) is 3. The van der Waals surface area contributed by atoms with Gasteiger partial charge in [0.2, 0.25) is 0 Å². The molecular weight excluding hydrogens is 306 g/mol. The molecular formula is C17H25N5O2. The van der Waals surface area contributed by atoms with Gasteiger partial charge in [0.05, 0.1) is 18.8 Å². The average Bonchev–Trinajstić information content (AvgIpc) is 3.31. The molecule has 7 heteroatoms. The van der Waals surface area contributed by atoms with E-state index in [0.717, 1.165) is 18.8 Å². The fourth-order valence-corrected chi connectivity index (χ4v) is 3.14. The number of furan rings is 1. The lowest BCUT2D eigenvalue weighted by atomic mass is 10.2. The molecule has 0 bridgehead atoms. The first-order chi connectivity index (χ1) is 11.7. The molecule has 2 amide bonds. The summed E-state index contributed by atoms with van der Waals surface area (Å²) in [7, 11) is 0. The summed E-state index contributed by atoms with van der Waals surface area (Å²) in [6.07, 6.45) is 7.70. The van der Waals surface area contributed by atoms with E-state index in [1.807, 2.05) is 31.3 Å². The van der Waals surface area contributed by atoms with Crippen LogP contribution in [0.3, 0.4) is 0 Å². The maximum absolute atomic E-state index is 12.2. The molecule has 0 saturated carbocycles. The number of urea groups is 1. The van der Waals surface area contributed by atoms with Crippen molar-refractivity contribution in [1.29, 1.82) is 0 Å². The minimum Gasteiger partial charge on any atom is -0.468 e. The van der Waals surface area contributed by atoms with Gasteiger partial charge in [-0.05, 0) is 51.1 Å². The number of carbonyl (C=O) groups excluding carboxylic acids is 1. The van der Waals surface area contributed by atoms with Gasteiger partial charge in [0, 0.05) is 25.0 Å². The van der Waals surface area contributed by atoms with Crippen molar-refractivity contribution in [2.75, 3.05) is 19.6 Å². The molecule has 1 saturated heterocycles. The molecule has 24 heavy (non-hydrogen) atoms. The van der Waals surface area contributed by atoms with Crippen LogP contribution in [0.1, 0.15) is 31.6 Å². The molecule has 2 atom stereocenters. The summed E-state index contributed by atoms with van der Waals surface area (Å²) in [5, 5.41) is 10.1. The van der Waals surface area contributed by atoms with Crippen LogP contribution in [0.15, 0.2) is 41.3 Å². The Bertz CT molecular complexity index is 605. The molecule has 0 radical (unpaired) electrons. The first kappa shape index (κ1) is 16.6. The van der Waals surface area contributed by atoms with Crippen molar-refractivity contribution in [2.45, 2.75) is 38.4 Å². The predicted molar refractivity (Wildman–Crippen MR) is 90.5 cm³/mol. The van der Waals surface area contributed by atoms with Gasteiger partial charge in [-0.1, -0.05) is 0 Å². The molecule has 3 rings (SSSR count). The molecule has 130 valence electrons. The Hall–Kier alpha value is -2.28. The molecule has 7 nitrogen and oxygen atoms in total. The van der Waals surface area contributed by atoms with Crippen LogP contribution in [-0.4, -0.2) is 46.4 Å². The van der Waals surface area contributed by atoms with Crippen LogP contribution in [0.5, 0.6) is 0 Å². The fraction of sp³-hybridized carbons (Fsp3) is 0.529. The lowest BCUT2D eigenvalue weighted by Crippen LogP contribution is -2.45. The molecule has 0 spiro atoms. The Morgan fingerprint density at radius 1 is 1.38 bits per heavy atom. The second kappa shape index (κ2) is 8.01. The third-order valence-corrected chi connectivity index (χ3v) is 4.31. The van der Waals surface area contributed by atoms with Gasteiger partial charge >= 0.3 is 6.03 Å². The topological polar surface area (TPSA) is 75.3 Å². The van der Waals surface area contributed by atoms with Crippen molar-refractivity contribution >= 4 is 6.03 Å². The Morgan fingerprint density at radius 3 is 2.88 bits per heavy atom. The van der Waals surface area contributed by atoms with E-state index in [9.17, 15) is 4.79 Å². The highest BCUT2D eigenvalue weighted by atomic mass is 16.3. The highest BCUT2D eigenvalue weighted by molar-refractivity contribution is 5.74. The second-order valence-electron chi connectivity index (χ2n) is 6.26. The first-order valence-corrected chi connectivity index (χ1v) is 8.51. The van der Waals surface area contributed by atoms with Gasteiger partial charge < -0.3 is 15.1 Å². The molecule has 2 aromatic heterocycles. The molecule has 1 aliphatic rings. The molecule has 2 unspecified atom stereocenters. The SMILES string of the molecule is CC(Cn1cccn1)NC(=O)NCC(c1ccco1)N1CCCC1. The summed E-state index contributed by atoms with van der Waals surface area (Å²) in [4.78, 5) is 14.5. The highest BCUT2D eigenvalue weighted by Crippen LogP contribution is 2.24. The number of aromatic nitrogens is 2. The third-order valence-electron chi connectivity index (χ3n) is 4.31. The van der Waals surface area contributed by atoms with Crippen molar-refractivity contribution in [3.05, 3.63) is 42.6 Å². The Morgan fingerprint density at radius 2 is 2.21 bits per heavy atom. The molecule has 1 fully saturated rings. The minimum atomic E-state index is -0.162. The summed E-state index contributed by atoms with van der Waals surface area (Å²) < 4.78 is 7.37. The van der Waals surface area contributed by atoms with E-state index in [0.29, 0.717) is 13.1 Å². The zero-order valence-electron chi connectivity index (χ0n) is 14.0. The third kappa shape index (κ3) is 4.38. The van der Waals surface area contributed by atoms with Gasteiger partial charge in [-0.3, -0.25) is 9.58 Å². The molecule has 2 aromatic rings. The summed E-state index contributed by atoms with van der Waals surface area (Å²) in [6, 6.07) is 5.67. The van der Waals surface area contributed by atoms with Gasteiger partial charge in [0.15, 0.2) is 0 Å². The summed E-state index contributed by atoms with van der Waals surface area (Å²) in [6.45, 7) is 5.24. The van der Waals surface area contributed by atoms with Crippen LogP contribution in [0.2, 0.25) is 0 Å². The Labute approximate surface area is 142 Å². The van der Waals surface area contributed by atoms with E-state index in [1.165, 1.54) is 12.8 Å². The summed E-state index contributed by atoms with van der Waals surface area (Å²) in [5.74, 6) is 0.904. The molecule has 3 heterocycles. The first-order valence-electron chi connectivity index (χ1n) is 8.51. The van der Waals surface area contributed by atoms with E-state index in [4.69, 9.17) is 4.42 Å². The van der Waals surface area contributed by atoms with Gasteiger partial charge in [-0.2, -0.15) is 5.10 Å². The molecule has 0 aliphatic carbocycles. The zero-order valence-corrected chi connectivity index (χ0v) is 14.0. The predicted octanol–water partition coefficient (Wildman–Crippen LogP) is 2.00. The van der Waals surface area contributed by atoms with Crippen LogP contribution in [-0.2, 0) is 6.54 Å². The van der Waals surface area contributed by atoms with Crippen molar-refractivity contribution in [3.63, 3.8) is 0 Å². The molecule has 2 N–H and O–H groups in total. The number of carbonyl (C=O) groups is 1. The number of nitrogens with one attached hydrogen (secondary N) is 2. The van der Waals surface area contributed by atoms with E-state index in [1.54, 1.807) is 17.1 Å². The van der Waals surface area contributed by atoms with Gasteiger partial charge in [-0.15, -0.1) is 0 Å². The number of hydrogen-bond acceptors (Lipinski definition) is 4. The van der Waals surface area contributed by atoms with E-state index in [2.05, 4.69) is 20.6 Å². The van der Waals surface area contributed by atoms with Gasteiger partial charge in [-0.25, -0.2) is 4.79 Å². The smallest absolute Gasteiger partial charge is 0.315 e. The van der Waals surface area contributed by atoms with Crippen LogP contribution >= 0.6 is 0 Å². The van der Waals surface area contributed by atoms with Crippen LogP contribution in [0.25, 0.3) is 0 Å². The largest absolute Gasteiger partial charge is 0.468 e. The Kier molecular flexibility index (Phi) is 5.53. The van der Waals surface area contributed by atoms with Gasteiger partial charge in [0.25, 0.3) is 0 Å². The van der Waals surface area contributed by atoms with Crippen LogP contribution in [0, 0.1) is 0 Å². The zero-order chi connectivity index (χ0) is 16.8. The minimum absolute atomic E-state index is 0.00116.